The first-order chi connectivity index (χ1) is 4.12. The Morgan fingerprint density at radius 3 is 1.50 bits per heavy atom. The quantitative estimate of drug-likeness (QED) is 0.560. The molecule has 0 unspecified atom stereocenters. The third-order valence-electron chi connectivity index (χ3n) is 1.03. The van der Waals surface area contributed by atoms with Crippen LogP contribution in [0.25, 0.3) is 0 Å². The molecule has 0 amide bonds. The second kappa shape index (κ2) is 6.27. The zero-order chi connectivity index (χ0) is 7.33. The van der Waals surface area contributed by atoms with Gasteiger partial charge in [-0.15, -0.1) is 0 Å². The van der Waals surface area contributed by atoms with Crippen LogP contribution in [0.15, 0.2) is 0 Å². The molecular formula is C6H15LiO2S. The van der Waals surface area contributed by atoms with Gasteiger partial charge in [0.2, 0.25) is 0 Å². The van der Waals surface area contributed by atoms with Gasteiger partial charge in [-0.25, -0.2) is 8.42 Å². The number of sulfone groups is 1. The second-order valence-corrected chi connectivity index (χ2v) is 4.46. The minimum absolute atomic E-state index is 0. The Labute approximate surface area is 75.5 Å². The molecule has 58 valence electrons. The molecule has 0 radical (unpaired) electrons. The molecule has 0 aromatic heterocycles. The molecule has 0 bridgehead atoms. The minimum atomic E-state index is -2.68. The summed E-state index contributed by atoms with van der Waals surface area (Å²) >= 11 is 0. The first-order valence-corrected chi connectivity index (χ1v) is 5.15. The van der Waals surface area contributed by atoms with Crippen molar-refractivity contribution >= 4 is 28.7 Å². The molecule has 4 heteroatoms. The zero-order valence-electron chi connectivity index (χ0n) is 6.05. The van der Waals surface area contributed by atoms with Gasteiger partial charge in [-0.1, -0.05) is 13.8 Å². The topological polar surface area (TPSA) is 34.1 Å². The maximum atomic E-state index is 10.8. The number of hydrogen-bond acceptors (Lipinski definition) is 2. The van der Waals surface area contributed by atoms with Crippen molar-refractivity contribution in [3.05, 3.63) is 0 Å². The van der Waals surface area contributed by atoms with Crippen molar-refractivity contribution in [3.63, 3.8) is 0 Å². The van der Waals surface area contributed by atoms with Crippen LogP contribution in [-0.4, -0.2) is 38.8 Å². The maximum absolute atomic E-state index is 10.8. The molecule has 10 heavy (non-hydrogen) atoms. The first kappa shape index (κ1) is 13.2. The van der Waals surface area contributed by atoms with Crippen LogP contribution in [0.2, 0.25) is 0 Å². The van der Waals surface area contributed by atoms with Crippen LogP contribution in [0.3, 0.4) is 0 Å². The van der Waals surface area contributed by atoms with Crippen molar-refractivity contribution in [1.29, 1.82) is 0 Å². The second-order valence-electron chi connectivity index (χ2n) is 2.15. The molecule has 0 atom stereocenters. The van der Waals surface area contributed by atoms with E-state index in [1.165, 1.54) is 0 Å². The van der Waals surface area contributed by atoms with Gasteiger partial charge in [-0.3, -0.25) is 0 Å². The van der Waals surface area contributed by atoms with Gasteiger partial charge in [0.1, 0.15) is 9.84 Å². The van der Waals surface area contributed by atoms with Crippen LogP contribution in [-0.2, 0) is 9.84 Å². The van der Waals surface area contributed by atoms with Crippen molar-refractivity contribution in [2.24, 2.45) is 0 Å². The molecule has 0 heterocycles. The molecule has 0 saturated carbocycles. The van der Waals surface area contributed by atoms with Crippen LogP contribution in [0, 0.1) is 0 Å². The molecule has 2 nitrogen and oxygen atoms in total. The average molecular weight is 158 g/mol. The summed E-state index contributed by atoms with van der Waals surface area (Å²) in [4.78, 5) is 0. The van der Waals surface area contributed by atoms with E-state index in [0.717, 1.165) is 12.8 Å². The molecular weight excluding hydrogens is 143 g/mol. The summed E-state index contributed by atoms with van der Waals surface area (Å²) in [5.41, 5.74) is 0. The SMILES string of the molecule is CCCS(=O)(=O)CCC.[LiH]. The van der Waals surface area contributed by atoms with Gasteiger partial charge >= 0.3 is 18.9 Å². The van der Waals surface area contributed by atoms with Gasteiger partial charge in [0, 0.05) is 11.5 Å². The van der Waals surface area contributed by atoms with Gasteiger partial charge in [-0.2, -0.15) is 0 Å². The average Bonchev–Trinajstić information content (AvgIpc) is 1.64. The molecule has 0 aliphatic rings. The van der Waals surface area contributed by atoms with Crippen LogP contribution in [0.4, 0.5) is 0 Å². The monoisotopic (exact) mass is 158 g/mol. The van der Waals surface area contributed by atoms with Crippen LogP contribution in [0.5, 0.6) is 0 Å². The fourth-order valence-electron chi connectivity index (χ4n) is 0.724. The zero-order valence-corrected chi connectivity index (χ0v) is 6.87. The van der Waals surface area contributed by atoms with E-state index in [1.54, 1.807) is 0 Å². The van der Waals surface area contributed by atoms with E-state index in [4.69, 9.17) is 0 Å². The van der Waals surface area contributed by atoms with E-state index < -0.39 is 9.84 Å². The molecule has 0 rings (SSSR count). The summed E-state index contributed by atoms with van der Waals surface area (Å²) in [6, 6.07) is 0. The molecule has 0 saturated heterocycles. The number of rotatable bonds is 4. The molecule has 0 aliphatic heterocycles. The van der Waals surface area contributed by atoms with Gasteiger partial charge in [0.25, 0.3) is 0 Å². The number of hydrogen-bond donors (Lipinski definition) is 0. The van der Waals surface area contributed by atoms with E-state index in [2.05, 4.69) is 0 Å². The van der Waals surface area contributed by atoms with Crippen molar-refractivity contribution < 1.29 is 8.42 Å². The van der Waals surface area contributed by atoms with Gasteiger partial charge in [-0.05, 0) is 12.8 Å². The van der Waals surface area contributed by atoms with E-state index in [1.807, 2.05) is 13.8 Å². The Morgan fingerprint density at radius 2 is 1.30 bits per heavy atom. The van der Waals surface area contributed by atoms with Crippen molar-refractivity contribution in [1.82, 2.24) is 0 Å². The molecule has 0 N–H and O–H groups in total. The summed E-state index contributed by atoms with van der Waals surface area (Å²) in [5, 5.41) is 0. The summed E-state index contributed by atoms with van der Waals surface area (Å²) in [5.74, 6) is 0.696. The Morgan fingerprint density at radius 1 is 1.00 bits per heavy atom. The van der Waals surface area contributed by atoms with E-state index in [9.17, 15) is 8.42 Å². The first-order valence-electron chi connectivity index (χ1n) is 3.32. The standard InChI is InChI=1S/C6H14O2S.Li.H/c1-3-5-9(7,8)6-4-2;;/h3-6H2,1-2H3;;. The van der Waals surface area contributed by atoms with Crippen molar-refractivity contribution in [2.45, 2.75) is 26.7 Å². The van der Waals surface area contributed by atoms with Crippen LogP contribution < -0.4 is 0 Å². The Kier molecular flexibility index (Phi) is 8.25. The summed E-state index contributed by atoms with van der Waals surface area (Å²) in [6.07, 6.45) is 1.48. The summed E-state index contributed by atoms with van der Waals surface area (Å²) in [7, 11) is -2.68. The predicted molar refractivity (Wildman–Crippen MR) is 46.4 cm³/mol. The molecule has 0 aliphatic carbocycles. The fraction of sp³-hybridized carbons (Fsp3) is 1.00. The van der Waals surface area contributed by atoms with Crippen LogP contribution in [0.1, 0.15) is 26.7 Å². The van der Waals surface area contributed by atoms with Gasteiger partial charge < -0.3 is 0 Å². The third-order valence-corrected chi connectivity index (χ3v) is 3.09. The Hall–Kier alpha value is 0.547. The third kappa shape index (κ3) is 6.66. The molecule has 0 spiro atoms. The molecule has 0 fully saturated rings. The van der Waals surface area contributed by atoms with Crippen molar-refractivity contribution in [2.75, 3.05) is 11.5 Å². The fourth-order valence-corrected chi connectivity index (χ4v) is 2.17. The summed E-state index contributed by atoms with van der Waals surface area (Å²) in [6.45, 7) is 3.76. The van der Waals surface area contributed by atoms with E-state index >= 15 is 0 Å². The van der Waals surface area contributed by atoms with Gasteiger partial charge in [0.15, 0.2) is 0 Å². The molecule has 0 aromatic rings. The normalized spacial score (nSPS) is 10.6. The van der Waals surface area contributed by atoms with Crippen LogP contribution >= 0.6 is 0 Å². The Bertz CT molecular complexity index is 139. The van der Waals surface area contributed by atoms with Crippen molar-refractivity contribution in [3.8, 4) is 0 Å². The van der Waals surface area contributed by atoms with E-state index in [-0.39, 0.29) is 18.9 Å². The van der Waals surface area contributed by atoms with E-state index in [0.29, 0.717) is 11.5 Å². The summed E-state index contributed by atoms with van der Waals surface area (Å²) < 4.78 is 21.7. The molecule has 0 aromatic carbocycles. The van der Waals surface area contributed by atoms with Gasteiger partial charge in [0.05, 0.1) is 0 Å². The predicted octanol–water partition coefficient (Wildman–Crippen LogP) is 0.573. The Balaban J connectivity index is 0.